The van der Waals surface area contributed by atoms with Crippen LogP contribution in [0.15, 0.2) is 212 Å². The normalized spacial score (nSPS) is 11.2. The van der Waals surface area contributed by atoms with E-state index < -0.39 is 5.41 Å². The topological polar surface area (TPSA) is 155 Å². The number of rotatable bonds is 24. The zero-order chi connectivity index (χ0) is 53.7. The van der Waals surface area contributed by atoms with Crippen LogP contribution in [0, 0.1) is 0 Å². The average Bonchev–Trinajstić information content (AvgIpc) is 3.67. The molecule has 0 saturated heterocycles. The van der Waals surface area contributed by atoms with Crippen LogP contribution in [0.5, 0.6) is 69.0 Å². The Morgan fingerprint density at radius 1 is 0.295 bits per heavy atom. The first-order chi connectivity index (χ1) is 38.2. The van der Waals surface area contributed by atoms with Gasteiger partial charge in [-0.3, -0.25) is 0 Å². The van der Waals surface area contributed by atoms with E-state index in [0.29, 0.717) is 46.0 Å². The standard InChI is InChI=1S/C66H58O12/c1-66(49-13-7-46(8-14-49)45-5-3-2-4-6-45,64-60-43-58(75-37-35-71-54-25-15-50(67)16-26-54)23-9-47(60)11-33-62(64)77-41-39-73-56-29-19-52(69)20-30-56)65-61-44-59(76-38-36-72-55-27-17-51(68)18-28-55)24-10-48(61)12-34-63(65)78-42-40-74-57-31-21-53(70)22-32-57/h2-34,43-44,67-70H,35-42H2,1H3. The molecular weight excluding hydrogens is 985 g/mol. The number of phenolic OH excluding ortho intramolecular Hbond substituents is 4. The highest BCUT2D eigenvalue weighted by Crippen LogP contribution is 2.52. The fourth-order valence-corrected chi connectivity index (χ4v) is 9.48. The molecule has 0 fully saturated rings. The van der Waals surface area contributed by atoms with Crippen LogP contribution >= 0.6 is 0 Å². The number of hydrogen-bond acceptors (Lipinski definition) is 12. The summed E-state index contributed by atoms with van der Waals surface area (Å²) in [5.41, 5.74) is 3.61. The van der Waals surface area contributed by atoms with E-state index in [1.807, 2.05) is 78.9 Å². The van der Waals surface area contributed by atoms with Gasteiger partial charge in [0.1, 0.15) is 122 Å². The highest BCUT2D eigenvalue weighted by atomic mass is 16.5. The van der Waals surface area contributed by atoms with E-state index in [0.717, 1.165) is 49.4 Å². The van der Waals surface area contributed by atoms with Crippen LogP contribution in [-0.4, -0.2) is 73.3 Å². The Kier molecular flexibility index (Phi) is 16.2. The van der Waals surface area contributed by atoms with Gasteiger partial charge in [0.05, 0.1) is 5.41 Å². The molecule has 10 aromatic rings. The van der Waals surface area contributed by atoms with Gasteiger partial charge in [0, 0.05) is 11.1 Å². The van der Waals surface area contributed by atoms with Crippen molar-refractivity contribution in [3.8, 4) is 80.1 Å². The molecule has 0 aliphatic heterocycles. The quantitative estimate of drug-likeness (QED) is 0.0336. The second-order valence-corrected chi connectivity index (χ2v) is 18.5. The van der Waals surface area contributed by atoms with Gasteiger partial charge in [-0.2, -0.15) is 0 Å². The SMILES string of the molecule is CC(c1ccc(-c2ccccc2)cc1)(c1c(OCCOc2ccc(O)cc2)ccc2ccc(OCCOc3ccc(O)cc3)cc12)c1c(OCCOc2ccc(O)cc2)ccc2ccc(OCCOc3ccc(O)cc3)cc12. The molecule has 12 heteroatoms. The second kappa shape index (κ2) is 24.3. The maximum absolute atomic E-state index is 9.93. The van der Waals surface area contributed by atoms with Gasteiger partial charge in [-0.05, 0) is 179 Å². The van der Waals surface area contributed by atoms with Crippen LogP contribution < -0.4 is 37.9 Å². The minimum atomic E-state index is -1.09. The Bertz CT molecular complexity index is 3350. The molecule has 0 aromatic heterocycles. The summed E-state index contributed by atoms with van der Waals surface area (Å²) in [4.78, 5) is 0. The molecule has 0 aliphatic rings. The summed E-state index contributed by atoms with van der Waals surface area (Å²) in [6.07, 6.45) is 0. The van der Waals surface area contributed by atoms with E-state index in [9.17, 15) is 20.4 Å². The summed E-state index contributed by atoms with van der Waals surface area (Å²) in [5.74, 6) is 5.40. The molecule has 78 heavy (non-hydrogen) atoms. The Balaban J connectivity index is 1.11. The largest absolute Gasteiger partial charge is 0.508 e. The molecule has 0 spiro atoms. The Morgan fingerprint density at radius 3 is 0.949 bits per heavy atom. The third-order valence-corrected chi connectivity index (χ3v) is 13.3. The van der Waals surface area contributed by atoms with E-state index in [-0.39, 0.29) is 75.9 Å². The van der Waals surface area contributed by atoms with Gasteiger partial charge in [-0.1, -0.05) is 78.9 Å². The van der Waals surface area contributed by atoms with E-state index in [1.54, 1.807) is 97.1 Å². The zero-order valence-electron chi connectivity index (χ0n) is 42.9. The molecule has 0 unspecified atom stereocenters. The third kappa shape index (κ3) is 12.5. The van der Waals surface area contributed by atoms with Crippen LogP contribution in [0.25, 0.3) is 32.7 Å². The summed E-state index contributed by atoms with van der Waals surface area (Å²) in [7, 11) is 0. The first-order valence-corrected chi connectivity index (χ1v) is 25.7. The van der Waals surface area contributed by atoms with E-state index in [2.05, 4.69) is 43.3 Å². The van der Waals surface area contributed by atoms with Crippen LogP contribution in [0.2, 0.25) is 0 Å². The van der Waals surface area contributed by atoms with Crippen LogP contribution in [-0.2, 0) is 5.41 Å². The number of ether oxygens (including phenoxy) is 8. The minimum absolute atomic E-state index is 0.142. The minimum Gasteiger partial charge on any atom is -0.508 e. The van der Waals surface area contributed by atoms with Crippen molar-refractivity contribution in [1.82, 2.24) is 0 Å². The van der Waals surface area contributed by atoms with E-state index >= 15 is 0 Å². The maximum atomic E-state index is 9.93. The van der Waals surface area contributed by atoms with Crippen molar-refractivity contribution in [2.24, 2.45) is 0 Å². The first-order valence-electron chi connectivity index (χ1n) is 25.7. The van der Waals surface area contributed by atoms with Gasteiger partial charge in [0.2, 0.25) is 0 Å². The molecule has 4 N–H and O–H groups in total. The molecule has 394 valence electrons. The van der Waals surface area contributed by atoms with Crippen molar-refractivity contribution in [1.29, 1.82) is 0 Å². The van der Waals surface area contributed by atoms with Gasteiger partial charge in [-0.25, -0.2) is 0 Å². The summed E-state index contributed by atoms with van der Waals surface area (Å²) >= 11 is 0. The molecule has 0 atom stereocenters. The van der Waals surface area contributed by atoms with Gasteiger partial charge in [0.25, 0.3) is 0 Å². The molecule has 0 radical (unpaired) electrons. The number of aromatic hydroxyl groups is 4. The lowest BCUT2D eigenvalue weighted by Gasteiger charge is -2.37. The molecule has 0 amide bonds. The summed E-state index contributed by atoms with van der Waals surface area (Å²) in [6.45, 7) is 3.94. The van der Waals surface area contributed by atoms with Crippen molar-refractivity contribution in [3.63, 3.8) is 0 Å². The van der Waals surface area contributed by atoms with Crippen molar-refractivity contribution in [2.45, 2.75) is 12.3 Å². The molecule has 0 heterocycles. The highest BCUT2D eigenvalue weighted by molar-refractivity contribution is 5.96. The predicted octanol–water partition coefficient (Wildman–Crippen LogP) is 13.7. The monoisotopic (exact) mass is 1040 g/mol. The fraction of sp³-hybridized carbons (Fsp3) is 0.152. The van der Waals surface area contributed by atoms with Crippen molar-refractivity contribution in [3.05, 3.63) is 229 Å². The maximum Gasteiger partial charge on any atom is 0.124 e. The van der Waals surface area contributed by atoms with Gasteiger partial charge >= 0.3 is 0 Å². The molecular formula is C66H58O12. The molecule has 10 rings (SSSR count). The Hall–Kier alpha value is -9.68. The highest BCUT2D eigenvalue weighted by Gasteiger charge is 2.40. The molecule has 0 bridgehead atoms. The molecule has 0 saturated carbocycles. The molecule has 10 aromatic carbocycles. The Labute approximate surface area is 452 Å². The second-order valence-electron chi connectivity index (χ2n) is 18.5. The lowest BCUT2D eigenvalue weighted by Crippen LogP contribution is -2.29. The number of benzene rings is 10. The fourth-order valence-electron chi connectivity index (χ4n) is 9.48. The first kappa shape index (κ1) is 51.8. The smallest absolute Gasteiger partial charge is 0.124 e. The van der Waals surface area contributed by atoms with Crippen molar-refractivity contribution in [2.75, 3.05) is 52.9 Å². The van der Waals surface area contributed by atoms with Crippen molar-refractivity contribution < 1.29 is 58.3 Å². The summed E-state index contributed by atoms with van der Waals surface area (Å²) in [6, 6.07) is 65.3. The van der Waals surface area contributed by atoms with Crippen LogP contribution in [0.4, 0.5) is 0 Å². The number of hydrogen-bond donors (Lipinski definition) is 4. The van der Waals surface area contributed by atoms with E-state index in [4.69, 9.17) is 37.9 Å². The average molecular weight is 1040 g/mol. The zero-order valence-corrected chi connectivity index (χ0v) is 42.9. The number of fused-ring (bicyclic) bond motifs is 2. The van der Waals surface area contributed by atoms with Crippen LogP contribution in [0.3, 0.4) is 0 Å². The van der Waals surface area contributed by atoms with Gasteiger partial charge in [0.15, 0.2) is 0 Å². The lowest BCUT2D eigenvalue weighted by molar-refractivity contribution is 0.212. The van der Waals surface area contributed by atoms with Crippen molar-refractivity contribution >= 4 is 21.5 Å². The van der Waals surface area contributed by atoms with Gasteiger partial charge in [-0.15, -0.1) is 0 Å². The van der Waals surface area contributed by atoms with Crippen LogP contribution in [0.1, 0.15) is 23.6 Å². The summed E-state index contributed by atoms with van der Waals surface area (Å²) in [5, 5.41) is 43.0. The lowest BCUT2D eigenvalue weighted by atomic mass is 9.67. The summed E-state index contributed by atoms with van der Waals surface area (Å²) < 4.78 is 50.9. The number of phenols is 4. The third-order valence-electron chi connectivity index (χ3n) is 13.3. The van der Waals surface area contributed by atoms with E-state index in [1.165, 1.54) is 0 Å². The molecule has 12 nitrogen and oxygen atoms in total. The molecule has 0 aliphatic carbocycles. The predicted molar refractivity (Wildman–Crippen MR) is 302 cm³/mol. The van der Waals surface area contributed by atoms with Gasteiger partial charge < -0.3 is 58.3 Å². The Morgan fingerprint density at radius 2 is 0.590 bits per heavy atom.